The minimum absolute atomic E-state index is 0.372. The van der Waals surface area contributed by atoms with Crippen molar-refractivity contribution in [3.05, 3.63) is 28.1 Å². The number of hydrogen-bond donors (Lipinski definition) is 0. The van der Waals surface area contributed by atoms with Crippen molar-refractivity contribution in [1.82, 2.24) is 9.55 Å². The van der Waals surface area contributed by atoms with Crippen LogP contribution in [0.25, 0.3) is 11.0 Å². The zero-order chi connectivity index (χ0) is 9.26. The van der Waals surface area contributed by atoms with Crippen molar-refractivity contribution in [2.45, 2.75) is 6.54 Å². The van der Waals surface area contributed by atoms with Crippen LogP contribution < -0.4 is 0 Å². The van der Waals surface area contributed by atoms with Crippen LogP contribution in [-0.2, 0) is 11.3 Å². The maximum atomic E-state index is 10.4. The highest BCUT2D eigenvalue weighted by atomic mass is 127. The molecule has 0 saturated carbocycles. The molecule has 0 atom stereocenters. The standard InChI is InChI=1S/C9H7IN2O/c10-8-1-3-11-9-7(8)2-4-12(9)5-6-13/h1-4,6H,5H2. The first-order valence-corrected chi connectivity index (χ1v) is 4.94. The van der Waals surface area contributed by atoms with Crippen LogP contribution in [0, 0.1) is 3.57 Å². The van der Waals surface area contributed by atoms with E-state index in [0.717, 1.165) is 20.9 Å². The first-order chi connectivity index (χ1) is 6.33. The summed E-state index contributed by atoms with van der Waals surface area (Å²) < 4.78 is 3.00. The maximum Gasteiger partial charge on any atom is 0.141 e. The molecular formula is C9H7IN2O. The van der Waals surface area contributed by atoms with Crippen molar-refractivity contribution in [2.75, 3.05) is 0 Å². The van der Waals surface area contributed by atoms with E-state index in [0.29, 0.717) is 6.54 Å². The Labute approximate surface area is 88.9 Å². The molecule has 13 heavy (non-hydrogen) atoms. The van der Waals surface area contributed by atoms with E-state index < -0.39 is 0 Å². The molecule has 66 valence electrons. The Morgan fingerprint density at radius 1 is 1.54 bits per heavy atom. The zero-order valence-corrected chi connectivity index (χ0v) is 8.93. The lowest BCUT2D eigenvalue weighted by atomic mass is 10.3. The van der Waals surface area contributed by atoms with Crippen LogP contribution in [0.15, 0.2) is 24.5 Å². The molecule has 0 N–H and O–H groups in total. The van der Waals surface area contributed by atoms with Crippen molar-refractivity contribution in [2.24, 2.45) is 0 Å². The second kappa shape index (κ2) is 3.45. The van der Waals surface area contributed by atoms with E-state index in [-0.39, 0.29) is 0 Å². The summed E-state index contributed by atoms with van der Waals surface area (Å²) in [5.74, 6) is 0. The molecule has 0 aliphatic rings. The van der Waals surface area contributed by atoms with Crippen LogP contribution in [0.3, 0.4) is 0 Å². The van der Waals surface area contributed by atoms with Crippen LogP contribution in [0.2, 0.25) is 0 Å². The van der Waals surface area contributed by atoms with Gasteiger partial charge in [-0.3, -0.25) is 0 Å². The van der Waals surface area contributed by atoms with Crippen LogP contribution >= 0.6 is 22.6 Å². The molecule has 2 aromatic heterocycles. The van der Waals surface area contributed by atoms with Gasteiger partial charge in [-0.25, -0.2) is 4.98 Å². The van der Waals surface area contributed by atoms with Gasteiger partial charge < -0.3 is 9.36 Å². The SMILES string of the molecule is O=CCn1ccc2c(I)ccnc21. The lowest BCUT2D eigenvalue weighted by Gasteiger charge is -1.98. The van der Waals surface area contributed by atoms with Gasteiger partial charge in [-0.1, -0.05) is 0 Å². The number of carbonyl (C=O) groups excluding carboxylic acids is 1. The molecule has 0 unspecified atom stereocenters. The Hall–Kier alpha value is -0.910. The zero-order valence-electron chi connectivity index (χ0n) is 6.77. The van der Waals surface area contributed by atoms with Gasteiger partial charge in [-0.2, -0.15) is 0 Å². The Balaban J connectivity index is 2.67. The fourth-order valence-corrected chi connectivity index (χ4v) is 1.87. The van der Waals surface area contributed by atoms with E-state index in [2.05, 4.69) is 27.6 Å². The largest absolute Gasteiger partial charge is 0.325 e. The average Bonchev–Trinajstić information content (AvgIpc) is 2.51. The number of nitrogens with zero attached hydrogens (tertiary/aromatic N) is 2. The second-order valence-electron chi connectivity index (χ2n) is 2.66. The summed E-state index contributed by atoms with van der Waals surface area (Å²) in [5, 5.41) is 1.10. The van der Waals surface area contributed by atoms with Gasteiger partial charge in [0.2, 0.25) is 0 Å². The Bertz CT molecular complexity index is 450. The number of rotatable bonds is 2. The Morgan fingerprint density at radius 3 is 3.15 bits per heavy atom. The van der Waals surface area contributed by atoms with E-state index in [4.69, 9.17) is 0 Å². The van der Waals surface area contributed by atoms with Gasteiger partial charge in [-0.05, 0) is 34.7 Å². The van der Waals surface area contributed by atoms with Gasteiger partial charge in [0.1, 0.15) is 11.9 Å². The number of aromatic nitrogens is 2. The number of pyridine rings is 1. The van der Waals surface area contributed by atoms with Gasteiger partial charge in [-0.15, -0.1) is 0 Å². The molecule has 3 nitrogen and oxygen atoms in total. The van der Waals surface area contributed by atoms with Crippen molar-refractivity contribution in [1.29, 1.82) is 0 Å². The predicted molar refractivity (Wildman–Crippen MR) is 58.5 cm³/mol. The van der Waals surface area contributed by atoms with Crippen LogP contribution in [-0.4, -0.2) is 15.8 Å². The molecule has 0 bridgehead atoms. The van der Waals surface area contributed by atoms with Gasteiger partial charge in [0.15, 0.2) is 0 Å². The fourth-order valence-electron chi connectivity index (χ4n) is 1.29. The third-order valence-electron chi connectivity index (χ3n) is 1.88. The van der Waals surface area contributed by atoms with Gasteiger partial charge in [0.05, 0.1) is 6.54 Å². The van der Waals surface area contributed by atoms with Crippen LogP contribution in [0.4, 0.5) is 0 Å². The summed E-state index contributed by atoms with van der Waals surface area (Å²) in [5.41, 5.74) is 0.874. The molecule has 0 radical (unpaired) electrons. The van der Waals surface area contributed by atoms with E-state index in [1.54, 1.807) is 6.20 Å². The number of halogens is 1. The van der Waals surface area contributed by atoms with Crippen LogP contribution in [0.1, 0.15) is 0 Å². The van der Waals surface area contributed by atoms with Crippen molar-refractivity contribution >= 4 is 39.9 Å². The van der Waals surface area contributed by atoms with Gasteiger partial charge in [0.25, 0.3) is 0 Å². The molecule has 0 aliphatic heterocycles. The quantitative estimate of drug-likeness (QED) is 0.623. The lowest BCUT2D eigenvalue weighted by Crippen LogP contribution is -1.97. The van der Waals surface area contributed by atoms with Crippen molar-refractivity contribution in [3.63, 3.8) is 0 Å². The number of fused-ring (bicyclic) bond motifs is 1. The van der Waals surface area contributed by atoms with E-state index >= 15 is 0 Å². The molecule has 2 heterocycles. The highest BCUT2D eigenvalue weighted by Crippen LogP contribution is 2.18. The minimum Gasteiger partial charge on any atom is -0.325 e. The number of carbonyl (C=O) groups is 1. The Kier molecular flexibility index (Phi) is 2.30. The highest BCUT2D eigenvalue weighted by Gasteiger charge is 2.03. The van der Waals surface area contributed by atoms with Gasteiger partial charge >= 0.3 is 0 Å². The lowest BCUT2D eigenvalue weighted by molar-refractivity contribution is -0.108. The van der Waals surface area contributed by atoms with Crippen LogP contribution in [0.5, 0.6) is 0 Å². The molecule has 0 aliphatic carbocycles. The van der Waals surface area contributed by atoms with E-state index in [1.807, 2.05) is 22.9 Å². The monoisotopic (exact) mass is 286 g/mol. The maximum absolute atomic E-state index is 10.4. The average molecular weight is 286 g/mol. The molecule has 0 fully saturated rings. The van der Waals surface area contributed by atoms with Gasteiger partial charge in [0, 0.05) is 21.4 Å². The summed E-state index contributed by atoms with van der Waals surface area (Å²) in [7, 11) is 0. The Morgan fingerprint density at radius 2 is 2.38 bits per heavy atom. The summed E-state index contributed by atoms with van der Waals surface area (Å²) in [6.45, 7) is 0.372. The van der Waals surface area contributed by atoms with Crippen molar-refractivity contribution < 1.29 is 4.79 Å². The summed E-state index contributed by atoms with van der Waals surface area (Å²) in [6, 6.07) is 3.93. The normalized spacial score (nSPS) is 10.5. The summed E-state index contributed by atoms with van der Waals surface area (Å²) >= 11 is 2.26. The van der Waals surface area contributed by atoms with E-state index in [9.17, 15) is 4.79 Å². The fraction of sp³-hybridized carbons (Fsp3) is 0.111. The first kappa shape index (κ1) is 8.68. The van der Waals surface area contributed by atoms with E-state index in [1.165, 1.54) is 0 Å². The van der Waals surface area contributed by atoms with Crippen molar-refractivity contribution in [3.8, 4) is 0 Å². The topological polar surface area (TPSA) is 34.9 Å². The number of hydrogen-bond acceptors (Lipinski definition) is 2. The number of aldehydes is 1. The molecular weight excluding hydrogens is 279 g/mol. The highest BCUT2D eigenvalue weighted by molar-refractivity contribution is 14.1. The molecule has 2 aromatic rings. The molecule has 0 amide bonds. The third-order valence-corrected chi connectivity index (χ3v) is 2.82. The minimum atomic E-state index is 0.372. The summed E-state index contributed by atoms with van der Waals surface area (Å²) in [4.78, 5) is 14.6. The molecule has 4 heteroatoms. The molecule has 0 spiro atoms. The summed E-state index contributed by atoms with van der Waals surface area (Å²) in [6.07, 6.45) is 4.51. The molecule has 0 saturated heterocycles. The smallest absolute Gasteiger partial charge is 0.141 e. The predicted octanol–water partition coefficient (Wildman–Crippen LogP) is 1.84. The third kappa shape index (κ3) is 1.46. The molecule has 2 rings (SSSR count). The second-order valence-corrected chi connectivity index (χ2v) is 3.83. The molecule has 0 aromatic carbocycles. The first-order valence-electron chi connectivity index (χ1n) is 3.86.